The first-order valence-electron chi connectivity index (χ1n) is 9.60. The van der Waals surface area contributed by atoms with Crippen LogP contribution < -0.4 is 10.9 Å². The van der Waals surface area contributed by atoms with Gasteiger partial charge in [0.1, 0.15) is 21.5 Å². The van der Waals surface area contributed by atoms with Crippen molar-refractivity contribution < 1.29 is 13.9 Å². The second-order valence-corrected chi connectivity index (χ2v) is 8.40. The van der Waals surface area contributed by atoms with Crippen LogP contribution in [0.3, 0.4) is 0 Å². The smallest absolute Gasteiger partial charge is 0.267 e. The summed E-state index contributed by atoms with van der Waals surface area (Å²) in [6, 6.07) is 8.87. The fourth-order valence-electron chi connectivity index (χ4n) is 3.12. The molecular weight excluding hydrogens is 436 g/mol. The third-order valence-corrected chi connectivity index (χ3v) is 6.01. The lowest BCUT2D eigenvalue weighted by Crippen LogP contribution is -2.27. The van der Waals surface area contributed by atoms with Gasteiger partial charge in [0.2, 0.25) is 0 Å². The van der Waals surface area contributed by atoms with Crippen LogP contribution in [-0.4, -0.2) is 44.8 Å². The van der Waals surface area contributed by atoms with Gasteiger partial charge in [-0.25, -0.2) is 4.98 Å². The first-order valence-corrected chi connectivity index (χ1v) is 10.8. The van der Waals surface area contributed by atoms with Gasteiger partial charge in [0, 0.05) is 26.5 Å². The van der Waals surface area contributed by atoms with E-state index in [4.69, 9.17) is 21.4 Å². The first kappa shape index (κ1) is 21.3. The van der Waals surface area contributed by atoms with Gasteiger partial charge in [-0.1, -0.05) is 30.0 Å². The van der Waals surface area contributed by atoms with Crippen LogP contribution in [0.2, 0.25) is 0 Å². The van der Waals surface area contributed by atoms with Crippen LogP contribution in [0.15, 0.2) is 56.9 Å². The molecule has 0 radical (unpaired) electrons. The Balaban J connectivity index is 1.69. The number of furan rings is 1. The van der Waals surface area contributed by atoms with Gasteiger partial charge in [0.25, 0.3) is 11.5 Å². The number of nitrogens with zero attached hydrogens (tertiary/aromatic N) is 3. The van der Waals surface area contributed by atoms with Crippen LogP contribution in [0.4, 0.5) is 5.82 Å². The van der Waals surface area contributed by atoms with Crippen LogP contribution in [0.25, 0.3) is 11.7 Å². The van der Waals surface area contributed by atoms with Gasteiger partial charge in [-0.15, -0.1) is 0 Å². The normalized spacial score (nSPS) is 15.4. The molecule has 0 aliphatic carbocycles. The number of fused-ring (bicyclic) bond motifs is 1. The molecule has 1 saturated heterocycles. The van der Waals surface area contributed by atoms with Crippen LogP contribution in [0.5, 0.6) is 0 Å². The highest BCUT2D eigenvalue weighted by molar-refractivity contribution is 8.26. The van der Waals surface area contributed by atoms with Crippen molar-refractivity contribution in [1.29, 1.82) is 0 Å². The molecule has 0 aromatic carbocycles. The minimum absolute atomic E-state index is 0.242. The molecular formula is C21H20N4O4S2. The minimum Gasteiger partial charge on any atom is -0.467 e. The van der Waals surface area contributed by atoms with Crippen molar-refractivity contribution >= 4 is 51.7 Å². The van der Waals surface area contributed by atoms with Crippen molar-refractivity contribution in [3.63, 3.8) is 0 Å². The molecule has 3 aromatic heterocycles. The Bertz CT molecular complexity index is 1200. The molecule has 0 saturated carbocycles. The average Bonchev–Trinajstić information content (AvgIpc) is 3.38. The SMILES string of the molecule is COCCCNc1nc2ccccn2c(=O)c1C=C1SC(=S)N(Cc2ccco2)C1=O. The topological polar surface area (TPSA) is 89.1 Å². The van der Waals surface area contributed by atoms with E-state index in [1.165, 1.54) is 9.30 Å². The number of amides is 1. The minimum atomic E-state index is -0.269. The molecule has 0 atom stereocenters. The highest BCUT2D eigenvalue weighted by atomic mass is 32.2. The van der Waals surface area contributed by atoms with Crippen LogP contribution in [0.1, 0.15) is 17.7 Å². The number of aromatic nitrogens is 2. The molecule has 0 spiro atoms. The van der Waals surface area contributed by atoms with E-state index in [1.54, 1.807) is 49.9 Å². The van der Waals surface area contributed by atoms with Gasteiger partial charge in [-0.2, -0.15) is 0 Å². The number of hydrogen-bond donors (Lipinski definition) is 1. The highest BCUT2D eigenvalue weighted by Crippen LogP contribution is 2.34. The van der Waals surface area contributed by atoms with E-state index in [2.05, 4.69) is 10.3 Å². The third-order valence-electron chi connectivity index (χ3n) is 4.63. The predicted molar refractivity (Wildman–Crippen MR) is 124 cm³/mol. The molecule has 1 aliphatic rings. The maximum Gasteiger partial charge on any atom is 0.267 e. The van der Waals surface area contributed by atoms with Crippen molar-refractivity contribution in [2.24, 2.45) is 0 Å². The Kier molecular flexibility index (Phi) is 6.50. The summed E-state index contributed by atoms with van der Waals surface area (Å²) in [4.78, 5) is 32.6. The molecule has 4 heterocycles. The zero-order chi connectivity index (χ0) is 21.8. The number of pyridine rings is 1. The lowest BCUT2D eigenvalue weighted by molar-refractivity contribution is -0.122. The van der Waals surface area contributed by atoms with E-state index >= 15 is 0 Å². The van der Waals surface area contributed by atoms with Crippen LogP contribution >= 0.6 is 24.0 Å². The summed E-state index contributed by atoms with van der Waals surface area (Å²) < 4.78 is 12.3. The predicted octanol–water partition coefficient (Wildman–Crippen LogP) is 3.14. The van der Waals surface area contributed by atoms with E-state index in [0.29, 0.717) is 45.2 Å². The zero-order valence-electron chi connectivity index (χ0n) is 16.7. The molecule has 1 amide bonds. The fraction of sp³-hybridized carbons (Fsp3) is 0.238. The molecule has 0 bridgehead atoms. The summed E-state index contributed by atoms with van der Waals surface area (Å²) in [6.45, 7) is 1.40. The summed E-state index contributed by atoms with van der Waals surface area (Å²) in [5.41, 5.74) is 0.556. The van der Waals surface area contributed by atoms with E-state index < -0.39 is 0 Å². The number of methoxy groups -OCH3 is 1. The number of carbonyl (C=O) groups excluding carboxylic acids is 1. The van der Waals surface area contributed by atoms with Gasteiger partial charge in [0.05, 0.1) is 23.3 Å². The molecule has 1 fully saturated rings. The number of hydrogen-bond acceptors (Lipinski definition) is 8. The van der Waals surface area contributed by atoms with E-state index in [-0.39, 0.29) is 18.0 Å². The summed E-state index contributed by atoms with van der Waals surface area (Å²) in [7, 11) is 1.64. The molecule has 3 aromatic rings. The van der Waals surface area contributed by atoms with Gasteiger partial charge in [-0.05, 0) is 36.8 Å². The number of nitrogens with one attached hydrogen (secondary N) is 1. The highest BCUT2D eigenvalue weighted by Gasteiger charge is 2.33. The molecule has 160 valence electrons. The average molecular weight is 457 g/mol. The van der Waals surface area contributed by atoms with Gasteiger partial charge in [-0.3, -0.25) is 18.9 Å². The van der Waals surface area contributed by atoms with Crippen LogP contribution in [-0.2, 0) is 16.1 Å². The number of thioether (sulfide) groups is 1. The Hall–Kier alpha value is -2.95. The van der Waals surface area contributed by atoms with Crippen LogP contribution in [0, 0.1) is 0 Å². The number of rotatable bonds is 8. The maximum absolute atomic E-state index is 13.2. The fourth-order valence-corrected chi connectivity index (χ4v) is 4.35. The lowest BCUT2D eigenvalue weighted by Gasteiger charge is -2.12. The molecule has 8 nitrogen and oxygen atoms in total. The molecule has 31 heavy (non-hydrogen) atoms. The van der Waals surface area contributed by atoms with E-state index in [0.717, 1.165) is 18.2 Å². The first-order chi connectivity index (χ1) is 15.1. The molecule has 10 heteroatoms. The van der Waals surface area contributed by atoms with Crippen molar-refractivity contribution in [2.45, 2.75) is 13.0 Å². The van der Waals surface area contributed by atoms with Crippen molar-refractivity contribution in [1.82, 2.24) is 14.3 Å². The monoisotopic (exact) mass is 456 g/mol. The lowest BCUT2D eigenvalue weighted by atomic mass is 10.2. The Morgan fingerprint density at radius 2 is 2.16 bits per heavy atom. The molecule has 1 aliphatic heterocycles. The summed E-state index contributed by atoms with van der Waals surface area (Å²) in [5, 5.41) is 3.20. The quantitative estimate of drug-likeness (QED) is 0.314. The van der Waals surface area contributed by atoms with Crippen molar-refractivity contribution in [3.8, 4) is 0 Å². The second kappa shape index (κ2) is 9.46. The van der Waals surface area contributed by atoms with E-state index in [1.807, 2.05) is 6.07 Å². The molecule has 4 rings (SSSR count). The number of thiocarbonyl (C=S) groups is 1. The molecule has 0 unspecified atom stereocenters. The second-order valence-electron chi connectivity index (χ2n) is 6.73. The number of ether oxygens (including phenoxy) is 1. The number of anilines is 1. The van der Waals surface area contributed by atoms with Gasteiger partial charge < -0.3 is 14.5 Å². The van der Waals surface area contributed by atoms with E-state index in [9.17, 15) is 9.59 Å². The molecule has 1 N–H and O–H groups in total. The summed E-state index contributed by atoms with van der Waals surface area (Å²) in [5.74, 6) is 0.781. The summed E-state index contributed by atoms with van der Waals surface area (Å²) in [6.07, 6.45) is 5.51. The standard InChI is InChI=1S/C21H20N4O4S2/c1-28-10-5-8-22-18-15(19(26)24-9-3-2-7-17(24)23-18)12-16-20(27)25(21(30)31-16)13-14-6-4-11-29-14/h2-4,6-7,9,11-12,22H,5,8,10,13H2,1H3. The summed E-state index contributed by atoms with van der Waals surface area (Å²) >= 11 is 6.54. The Morgan fingerprint density at radius 3 is 2.94 bits per heavy atom. The number of carbonyl (C=O) groups is 1. The Labute approximate surface area is 187 Å². The Morgan fingerprint density at radius 1 is 1.29 bits per heavy atom. The van der Waals surface area contributed by atoms with Crippen molar-refractivity contribution in [3.05, 3.63) is 69.4 Å². The third kappa shape index (κ3) is 4.55. The zero-order valence-corrected chi connectivity index (χ0v) is 18.4. The van der Waals surface area contributed by atoms with Gasteiger partial charge in [0.15, 0.2) is 0 Å². The largest absolute Gasteiger partial charge is 0.467 e. The van der Waals surface area contributed by atoms with Crippen molar-refractivity contribution in [2.75, 3.05) is 25.6 Å². The maximum atomic E-state index is 13.2. The van der Waals surface area contributed by atoms with Gasteiger partial charge >= 0.3 is 0 Å².